The van der Waals surface area contributed by atoms with Crippen LogP contribution in [0.1, 0.15) is 32.4 Å². The highest BCUT2D eigenvalue weighted by atomic mass is 16.5. The molecule has 0 fully saturated rings. The number of hydrogen-bond donors (Lipinski definition) is 2. The van der Waals surface area contributed by atoms with E-state index in [9.17, 15) is 14.7 Å². The second-order valence-electron chi connectivity index (χ2n) is 5.77. The summed E-state index contributed by atoms with van der Waals surface area (Å²) in [6, 6.07) is 9.17. The maximum Gasteiger partial charge on any atom is 0.331 e. The van der Waals surface area contributed by atoms with Gasteiger partial charge in [-0.1, -0.05) is 30.3 Å². The number of amides is 1. The average Bonchev–Trinajstić information content (AvgIpc) is 3.02. The van der Waals surface area contributed by atoms with Crippen LogP contribution in [-0.2, 0) is 19.9 Å². The van der Waals surface area contributed by atoms with Crippen molar-refractivity contribution in [3.05, 3.63) is 48.3 Å². The Hall–Kier alpha value is -2.67. The number of anilines is 1. The van der Waals surface area contributed by atoms with Crippen molar-refractivity contribution in [3.63, 3.8) is 0 Å². The number of aliphatic carboxylic acids is 1. The first-order valence-corrected chi connectivity index (χ1v) is 7.62. The molecule has 2 aromatic rings. The molecule has 1 aromatic carbocycles. The van der Waals surface area contributed by atoms with Crippen molar-refractivity contribution >= 4 is 17.6 Å². The van der Waals surface area contributed by atoms with Crippen LogP contribution < -0.4 is 5.32 Å². The van der Waals surface area contributed by atoms with E-state index in [1.807, 2.05) is 37.3 Å². The Balaban J connectivity index is 2.16. The lowest BCUT2D eigenvalue weighted by Gasteiger charge is -2.19. The minimum absolute atomic E-state index is 0.337. The first-order chi connectivity index (χ1) is 11.4. The van der Waals surface area contributed by atoms with E-state index < -0.39 is 17.6 Å². The van der Waals surface area contributed by atoms with Crippen LogP contribution in [0.5, 0.6) is 0 Å². The van der Waals surface area contributed by atoms with Crippen molar-refractivity contribution in [1.29, 1.82) is 0 Å². The molecule has 0 aliphatic rings. The lowest BCUT2D eigenvalue weighted by atomic mass is 10.1. The number of carbonyl (C=O) groups is 2. The molecule has 7 nitrogen and oxygen atoms in total. The quantitative estimate of drug-likeness (QED) is 0.812. The number of benzene rings is 1. The van der Waals surface area contributed by atoms with E-state index in [1.54, 1.807) is 0 Å². The molecule has 24 heavy (non-hydrogen) atoms. The van der Waals surface area contributed by atoms with Gasteiger partial charge in [0.25, 0.3) is 5.91 Å². The number of nitrogens with one attached hydrogen (secondary N) is 1. The van der Waals surface area contributed by atoms with Gasteiger partial charge >= 0.3 is 5.97 Å². The summed E-state index contributed by atoms with van der Waals surface area (Å²) >= 11 is 0. The van der Waals surface area contributed by atoms with Gasteiger partial charge in [0, 0.05) is 12.8 Å². The van der Waals surface area contributed by atoms with Gasteiger partial charge in [-0.3, -0.25) is 9.48 Å². The third kappa shape index (κ3) is 3.80. The number of ether oxygens (including phenoxy) is 1. The second kappa shape index (κ2) is 7.27. The fourth-order valence-corrected chi connectivity index (χ4v) is 2.12. The molecule has 1 aromatic heterocycles. The van der Waals surface area contributed by atoms with Gasteiger partial charge in [-0.2, -0.15) is 5.10 Å². The van der Waals surface area contributed by atoms with Gasteiger partial charge in [0.05, 0.1) is 11.9 Å². The highest BCUT2D eigenvalue weighted by Crippen LogP contribution is 2.21. The summed E-state index contributed by atoms with van der Waals surface area (Å²) in [5.41, 5.74) is -0.0492. The van der Waals surface area contributed by atoms with E-state index >= 15 is 0 Å². The Morgan fingerprint density at radius 1 is 1.33 bits per heavy atom. The maximum atomic E-state index is 12.5. The van der Waals surface area contributed by atoms with Gasteiger partial charge in [0.15, 0.2) is 11.6 Å². The number of carboxylic acids is 1. The Labute approximate surface area is 140 Å². The van der Waals surface area contributed by atoms with Crippen molar-refractivity contribution < 1.29 is 19.4 Å². The number of rotatable bonds is 7. The molecular formula is C17H21N3O4. The zero-order valence-corrected chi connectivity index (χ0v) is 13.9. The smallest absolute Gasteiger partial charge is 0.331 e. The Kier molecular flexibility index (Phi) is 5.35. The lowest BCUT2D eigenvalue weighted by Crippen LogP contribution is -2.36. The van der Waals surface area contributed by atoms with E-state index in [0.717, 1.165) is 5.56 Å². The minimum Gasteiger partial charge on any atom is -0.479 e. The number of carbonyl (C=O) groups excluding carboxylic acids is 1. The molecule has 0 bridgehead atoms. The summed E-state index contributed by atoms with van der Waals surface area (Å²) in [6.45, 7) is 5.26. The van der Waals surface area contributed by atoms with Gasteiger partial charge in [0.2, 0.25) is 0 Å². The molecule has 0 aliphatic carbocycles. The molecule has 1 heterocycles. The third-order valence-corrected chi connectivity index (χ3v) is 3.62. The molecule has 0 saturated carbocycles. The molecule has 0 spiro atoms. The van der Waals surface area contributed by atoms with E-state index in [2.05, 4.69) is 10.4 Å². The molecule has 128 valence electrons. The molecule has 0 aliphatic heterocycles. The SMILES string of the molecule is CCOC(C(=O)Nc1cnn(C(C)(C)C(=O)O)c1)c1ccccc1. The monoisotopic (exact) mass is 331 g/mol. The molecule has 1 unspecified atom stereocenters. The topological polar surface area (TPSA) is 93.5 Å². The van der Waals surface area contributed by atoms with E-state index in [0.29, 0.717) is 12.3 Å². The van der Waals surface area contributed by atoms with Crippen LogP contribution in [0.2, 0.25) is 0 Å². The Bertz CT molecular complexity index is 710. The summed E-state index contributed by atoms with van der Waals surface area (Å²) in [7, 11) is 0. The van der Waals surface area contributed by atoms with Crippen LogP contribution in [0.25, 0.3) is 0 Å². The highest BCUT2D eigenvalue weighted by molar-refractivity contribution is 5.94. The van der Waals surface area contributed by atoms with Crippen LogP contribution in [0, 0.1) is 0 Å². The minimum atomic E-state index is -1.21. The first-order valence-electron chi connectivity index (χ1n) is 7.62. The fraction of sp³-hybridized carbons (Fsp3) is 0.353. The number of hydrogen-bond acceptors (Lipinski definition) is 4. The largest absolute Gasteiger partial charge is 0.479 e. The molecule has 1 amide bonds. The van der Waals surface area contributed by atoms with Gasteiger partial charge in [-0.05, 0) is 26.3 Å². The zero-order valence-electron chi connectivity index (χ0n) is 13.9. The predicted molar refractivity (Wildman–Crippen MR) is 88.6 cm³/mol. The molecule has 0 saturated heterocycles. The third-order valence-electron chi connectivity index (χ3n) is 3.62. The van der Waals surface area contributed by atoms with Crippen LogP contribution in [-0.4, -0.2) is 33.4 Å². The number of nitrogens with zero attached hydrogens (tertiary/aromatic N) is 2. The van der Waals surface area contributed by atoms with Crippen molar-refractivity contribution in [2.24, 2.45) is 0 Å². The first kappa shape index (κ1) is 17.7. The normalized spacial score (nSPS) is 12.6. The summed E-state index contributed by atoms with van der Waals surface area (Å²) in [5, 5.41) is 16.0. The van der Waals surface area contributed by atoms with Gasteiger partial charge in [-0.15, -0.1) is 0 Å². The lowest BCUT2D eigenvalue weighted by molar-refractivity contribution is -0.146. The predicted octanol–water partition coefficient (Wildman–Crippen LogP) is 2.42. The number of carboxylic acid groups (broad SMARTS) is 1. The van der Waals surface area contributed by atoms with E-state index in [4.69, 9.17) is 4.74 Å². The van der Waals surface area contributed by atoms with Crippen molar-refractivity contribution in [2.75, 3.05) is 11.9 Å². The average molecular weight is 331 g/mol. The van der Waals surface area contributed by atoms with Crippen LogP contribution >= 0.6 is 0 Å². The summed E-state index contributed by atoms with van der Waals surface area (Å²) in [4.78, 5) is 23.8. The molecule has 1 atom stereocenters. The maximum absolute atomic E-state index is 12.5. The van der Waals surface area contributed by atoms with E-state index in [1.165, 1.54) is 30.9 Å². The Morgan fingerprint density at radius 3 is 2.58 bits per heavy atom. The van der Waals surface area contributed by atoms with Crippen LogP contribution in [0.15, 0.2) is 42.7 Å². The van der Waals surface area contributed by atoms with Gasteiger partial charge in [-0.25, -0.2) is 4.79 Å². The summed E-state index contributed by atoms with van der Waals surface area (Å²) in [6.07, 6.45) is 2.16. The zero-order chi connectivity index (χ0) is 17.7. The molecule has 0 radical (unpaired) electrons. The molecule has 2 N–H and O–H groups in total. The molecule has 7 heteroatoms. The standard InChI is InChI=1S/C17H21N3O4/c1-4-24-14(12-8-6-5-7-9-12)15(21)19-13-10-18-20(11-13)17(2,3)16(22)23/h5-11,14H,4H2,1-3H3,(H,19,21)(H,22,23). The van der Waals surface area contributed by atoms with E-state index in [-0.39, 0.29) is 5.91 Å². The highest BCUT2D eigenvalue weighted by Gasteiger charge is 2.30. The summed E-state index contributed by atoms with van der Waals surface area (Å²) < 4.78 is 6.84. The van der Waals surface area contributed by atoms with Gasteiger partial charge in [0.1, 0.15) is 0 Å². The van der Waals surface area contributed by atoms with Gasteiger partial charge < -0.3 is 15.2 Å². The van der Waals surface area contributed by atoms with Crippen molar-refractivity contribution in [1.82, 2.24) is 9.78 Å². The Morgan fingerprint density at radius 2 is 2.00 bits per heavy atom. The van der Waals surface area contributed by atoms with Crippen LogP contribution in [0.4, 0.5) is 5.69 Å². The summed E-state index contributed by atoms with van der Waals surface area (Å²) in [5.74, 6) is -1.35. The fourth-order valence-electron chi connectivity index (χ4n) is 2.12. The molecule has 2 rings (SSSR count). The second-order valence-corrected chi connectivity index (χ2v) is 5.77. The number of aromatic nitrogens is 2. The van der Waals surface area contributed by atoms with Crippen molar-refractivity contribution in [3.8, 4) is 0 Å². The van der Waals surface area contributed by atoms with Crippen LogP contribution in [0.3, 0.4) is 0 Å². The molecular weight excluding hydrogens is 310 g/mol. The van der Waals surface area contributed by atoms with Crippen molar-refractivity contribution in [2.45, 2.75) is 32.4 Å².